The number of aromatic amines is 1. The van der Waals surface area contributed by atoms with Gasteiger partial charge in [0, 0.05) is 23.8 Å². The third kappa shape index (κ3) is 2.98. The maximum atomic E-state index is 13.5. The van der Waals surface area contributed by atoms with E-state index in [-0.39, 0.29) is 24.4 Å². The molecule has 3 nitrogen and oxygen atoms in total. The number of fused-ring (bicyclic) bond motifs is 1. The molecule has 5 heteroatoms. The maximum Gasteiger partial charge on any atom is 0.224 e. The van der Waals surface area contributed by atoms with Gasteiger partial charge in [-0.3, -0.25) is 4.79 Å². The summed E-state index contributed by atoms with van der Waals surface area (Å²) in [6, 6.07) is 11.2. The van der Waals surface area contributed by atoms with Crippen molar-refractivity contribution in [2.75, 3.05) is 0 Å². The lowest BCUT2D eigenvalue weighted by molar-refractivity contribution is -0.120. The second-order valence-corrected chi connectivity index (χ2v) is 5.05. The summed E-state index contributed by atoms with van der Waals surface area (Å²) >= 11 is 0. The molecule has 0 aliphatic carbocycles. The Morgan fingerprint density at radius 1 is 1.09 bits per heavy atom. The van der Waals surface area contributed by atoms with E-state index in [1.54, 1.807) is 0 Å². The minimum absolute atomic E-state index is 0.128. The number of benzene rings is 2. The fourth-order valence-electron chi connectivity index (χ4n) is 2.35. The number of rotatable bonds is 4. The van der Waals surface area contributed by atoms with Crippen LogP contribution >= 0.6 is 0 Å². The minimum Gasteiger partial charge on any atom is -0.361 e. The number of carbonyl (C=O) groups is 1. The van der Waals surface area contributed by atoms with Gasteiger partial charge < -0.3 is 10.3 Å². The molecular formula is C17H14F2N2O. The lowest BCUT2D eigenvalue weighted by Gasteiger charge is -2.07. The minimum atomic E-state index is -0.658. The highest BCUT2D eigenvalue weighted by molar-refractivity contribution is 5.83. The largest absolute Gasteiger partial charge is 0.361 e. The van der Waals surface area contributed by atoms with E-state index in [0.717, 1.165) is 16.5 Å². The van der Waals surface area contributed by atoms with Gasteiger partial charge in [0.25, 0.3) is 0 Å². The van der Waals surface area contributed by atoms with Crippen molar-refractivity contribution in [1.29, 1.82) is 0 Å². The first-order valence-electron chi connectivity index (χ1n) is 6.89. The van der Waals surface area contributed by atoms with Crippen molar-refractivity contribution < 1.29 is 13.6 Å². The number of nitrogens with one attached hydrogen (secondary N) is 2. The average molecular weight is 300 g/mol. The smallest absolute Gasteiger partial charge is 0.224 e. The van der Waals surface area contributed by atoms with Gasteiger partial charge in [-0.05, 0) is 41.3 Å². The predicted molar refractivity (Wildman–Crippen MR) is 80.2 cm³/mol. The van der Waals surface area contributed by atoms with Crippen LogP contribution in [0.5, 0.6) is 0 Å². The third-order valence-corrected chi connectivity index (χ3v) is 3.51. The number of hydrogen-bond donors (Lipinski definition) is 2. The first kappa shape index (κ1) is 14.3. The first-order chi connectivity index (χ1) is 10.6. The second-order valence-electron chi connectivity index (χ2n) is 5.05. The van der Waals surface area contributed by atoms with Crippen molar-refractivity contribution in [2.45, 2.75) is 13.0 Å². The van der Waals surface area contributed by atoms with Crippen LogP contribution in [0.2, 0.25) is 0 Å². The molecule has 1 heterocycles. The Bertz CT molecular complexity index is 806. The lowest BCUT2D eigenvalue weighted by Crippen LogP contribution is -2.25. The first-order valence-corrected chi connectivity index (χ1v) is 6.89. The molecule has 0 unspecified atom stereocenters. The van der Waals surface area contributed by atoms with Crippen LogP contribution in [-0.4, -0.2) is 10.9 Å². The molecule has 1 aromatic heterocycles. The molecule has 1 amide bonds. The summed E-state index contributed by atoms with van der Waals surface area (Å²) in [4.78, 5) is 15.0. The van der Waals surface area contributed by atoms with Gasteiger partial charge in [-0.15, -0.1) is 0 Å². The van der Waals surface area contributed by atoms with E-state index in [9.17, 15) is 13.6 Å². The number of halogens is 2. The van der Waals surface area contributed by atoms with Crippen molar-refractivity contribution in [3.63, 3.8) is 0 Å². The van der Waals surface area contributed by atoms with E-state index < -0.39 is 11.6 Å². The zero-order valence-corrected chi connectivity index (χ0v) is 11.7. The Labute approximate surface area is 126 Å². The quantitative estimate of drug-likeness (QED) is 0.763. The van der Waals surface area contributed by atoms with Crippen LogP contribution in [-0.2, 0) is 17.8 Å². The molecule has 2 aromatic carbocycles. The topological polar surface area (TPSA) is 44.9 Å². The van der Waals surface area contributed by atoms with Gasteiger partial charge in [0.15, 0.2) is 0 Å². The summed E-state index contributed by atoms with van der Waals surface area (Å²) in [6.45, 7) is -0.163. The van der Waals surface area contributed by atoms with Gasteiger partial charge in [0.05, 0.1) is 6.42 Å². The molecule has 0 spiro atoms. The van der Waals surface area contributed by atoms with Crippen LogP contribution in [0.15, 0.2) is 48.7 Å². The summed E-state index contributed by atoms with van der Waals surface area (Å²) in [5, 5.41) is 3.56. The molecule has 22 heavy (non-hydrogen) atoms. The molecule has 0 saturated heterocycles. The van der Waals surface area contributed by atoms with Gasteiger partial charge in [-0.25, -0.2) is 8.78 Å². The van der Waals surface area contributed by atoms with E-state index >= 15 is 0 Å². The molecule has 0 atom stereocenters. The van der Waals surface area contributed by atoms with E-state index in [1.807, 2.05) is 30.5 Å². The standard InChI is InChI=1S/C17H14F2N2O/c18-14-2-1-3-15(19)13(14)10-21-17(22)9-11-4-5-16-12(8-11)6-7-20-16/h1-8,20H,9-10H2,(H,21,22). The van der Waals surface area contributed by atoms with Gasteiger partial charge >= 0.3 is 0 Å². The Morgan fingerprint density at radius 3 is 2.64 bits per heavy atom. The number of aromatic nitrogens is 1. The predicted octanol–water partition coefficient (Wildman–Crippen LogP) is 3.31. The maximum absolute atomic E-state index is 13.5. The van der Waals surface area contributed by atoms with Crippen molar-refractivity contribution in [1.82, 2.24) is 10.3 Å². The SMILES string of the molecule is O=C(Cc1ccc2[nH]ccc2c1)NCc1c(F)cccc1F. The summed E-state index contributed by atoms with van der Waals surface area (Å²) in [5.74, 6) is -1.60. The van der Waals surface area contributed by atoms with Gasteiger partial charge in [-0.2, -0.15) is 0 Å². The van der Waals surface area contributed by atoms with Crippen LogP contribution in [0, 0.1) is 11.6 Å². The molecule has 112 valence electrons. The number of carbonyl (C=O) groups excluding carboxylic acids is 1. The van der Waals surface area contributed by atoms with Crippen molar-refractivity contribution in [2.24, 2.45) is 0 Å². The Hall–Kier alpha value is -2.69. The summed E-state index contributed by atoms with van der Waals surface area (Å²) in [7, 11) is 0. The zero-order valence-electron chi connectivity index (χ0n) is 11.7. The fraction of sp³-hybridized carbons (Fsp3) is 0.118. The molecule has 0 radical (unpaired) electrons. The summed E-state index contributed by atoms with van der Waals surface area (Å²) in [5.41, 5.74) is 1.72. The monoisotopic (exact) mass is 300 g/mol. The molecule has 3 aromatic rings. The van der Waals surface area contributed by atoms with E-state index in [4.69, 9.17) is 0 Å². The van der Waals surface area contributed by atoms with Crippen molar-refractivity contribution >= 4 is 16.8 Å². The van der Waals surface area contributed by atoms with Crippen LogP contribution < -0.4 is 5.32 Å². The Kier molecular flexibility index (Phi) is 3.87. The van der Waals surface area contributed by atoms with Crippen LogP contribution in [0.3, 0.4) is 0 Å². The lowest BCUT2D eigenvalue weighted by atomic mass is 10.1. The number of hydrogen-bond acceptors (Lipinski definition) is 1. The number of H-pyrrole nitrogens is 1. The highest BCUT2D eigenvalue weighted by Gasteiger charge is 2.10. The van der Waals surface area contributed by atoms with Crippen LogP contribution in [0.4, 0.5) is 8.78 Å². The third-order valence-electron chi connectivity index (χ3n) is 3.51. The van der Waals surface area contributed by atoms with Crippen molar-refractivity contribution in [3.05, 3.63) is 71.4 Å². The van der Waals surface area contributed by atoms with E-state index in [2.05, 4.69) is 10.3 Å². The van der Waals surface area contributed by atoms with Gasteiger partial charge in [0.2, 0.25) is 5.91 Å². The molecule has 0 aliphatic heterocycles. The number of amides is 1. The molecular weight excluding hydrogens is 286 g/mol. The Balaban J connectivity index is 1.65. The average Bonchev–Trinajstić information content (AvgIpc) is 2.94. The van der Waals surface area contributed by atoms with Gasteiger partial charge in [0.1, 0.15) is 11.6 Å². The fourth-order valence-corrected chi connectivity index (χ4v) is 2.35. The van der Waals surface area contributed by atoms with E-state index in [1.165, 1.54) is 18.2 Å². The molecule has 0 bridgehead atoms. The molecule has 0 saturated carbocycles. The highest BCUT2D eigenvalue weighted by atomic mass is 19.1. The van der Waals surface area contributed by atoms with Crippen molar-refractivity contribution in [3.8, 4) is 0 Å². The Morgan fingerprint density at radius 2 is 1.86 bits per heavy atom. The van der Waals surface area contributed by atoms with Crippen LogP contribution in [0.25, 0.3) is 10.9 Å². The molecule has 0 fully saturated rings. The van der Waals surface area contributed by atoms with E-state index in [0.29, 0.717) is 0 Å². The zero-order chi connectivity index (χ0) is 15.5. The molecule has 3 rings (SSSR count). The second kappa shape index (κ2) is 5.97. The summed E-state index contributed by atoms with van der Waals surface area (Å²) < 4.78 is 26.9. The summed E-state index contributed by atoms with van der Waals surface area (Å²) in [6.07, 6.45) is 1.99. The normalized spacial score (nSPS) is 10.8. The van der Waals surface area contributed by atoms with Gasteiger partial charge in [-0.1, -0.05) is 12.1 Å². The van der Waals surface area contributed by atoms with Crippen LogP contribution in [0.1, 0.15) is 11.1 Å². The molecule has 2 N–H and O–H groups in total. The molecule has 0 aliphatic rings. The highest BCUT2D eigenvalue weighted by Crippen LogP contribution is 2.15.